The summed E-state index contributed by atoms with van der Waals surface area (Å²) in [5, 5.41) is 2.99. The summed E-state index contributed by atoms with van der Waals surface area (Å²) in [6, 6.07) is 12.0. The van der Waals surface area contributed by atoms with E-state index >= 15 is 0 Å². The summed E-state index contributed by atoms with van der Waals surface area (Å²) in [6.45, 7) is 1.45. The molecule has 1 amide bonds. The Labute approximate surface area is 148 Å². The molecule has 5 nitrogen and oxygen atoms in total. The van der Waals surface area contributed by atoms with Gasteiger partial charge in [0, 0.05) is 13.1 Å². The van der Waals surface area contributed by atoms with Crippen molar-refractivity contribution in [3.05, 3.63) is 45.6 Å². The highest BCUT2D eigenvalue weighted by Crippen LogP contribution is 2.28. The van der Waals surface area contributed by atoms with E-state index in [0.717, 1.165) is 30.5 Å². The molecule has 1 atom stereocenters. The molecule has 1 aromatic carbocycles. The topological polar surface area (TPSA) is 58.4 Å². The van der Waals surface area contributed by atoms with E-state index < -0.39 is 0 Å². The van der Waals surface area contributed by atoms with Crippen LogP contribution in [0.25, 0.3) is 11.1 Å². The number of aromatic nitrogens is 1. The number of fused-ring (bicyclic) bond motifs is 1. The smallest absolute Gasteiger partial charge is 0.298 e. The van der Waals surface area contributed by atoms with Crippen molar-refractivity contribution in [2.24, 2.45) is 0 Å². The van der Waals surface area contributed by atoms with Crippen LogP contribution in [0.2, 0.25) is 4.34 Å². The van der Waals surface area contributed by atoms with Crippen LogP contribution in [0.1, 0.15) is 22.5 Å². The van der Waals surface area contributed by atoms with Gasteiger partial charge in [-0.3, -0.25) is 4.79 Å². The normalized spacial score (nSPS) is 17.5. The fourth-order valence-corrected chi connectivity index (χ4v) is 3.98. The maximum absolute atomic E-state index is 12.2. The van der Waals surface area contributed by atoms with Crippen LogP contribution >= 0.6 is 22.9 Å². The second-order valence-corrected chi connectivity index (χ2v) is 7.48. The lowest BCUT2D eigenvalue weighted by atomic mass is 10.2. The maximum Gasteiger partial charge on any atom is 0.298 e. The van der Waals surface area contributed by atoms with E-state index in [9.17, 15) is 4.79 Å². The molecule has 24 heavy (non-hydrogen) atoms. The summed E-state index contributed by atoms with van der Waals surface area (Å²) < 4.78 is 6.48. The largest absolute Gasteiger partial charge is 0.423 e. The van der Waals surface area contributed by atoms with Gasteiger partial charge in [0.1, 0.15) is 5.52 Å². The lowest BCUT2D eigenvalue weighted by molar-refractivity contribution is 0.0955. The fraction of sp³-hybridized carbons (Fsp3) is 0.294. The SMILES string of the molecule is O=C(NCC1CCCN1c1nc2ccccc2o1)c1ccc(Cl)s1. The first-order chi connectivity index (χ1) is 11.7. The van der Waals surface area contributed by atoms with Gasteiger partial charge in [0.25, 0.3) is 11.9 Å². The zero-order valence-corrected chi connectivity index (χ0v) is 14.4. The number of thiophene rings is 1. The summed E-state index contributed by atoms with van der Waals surface area (Å²) in [5.74, 6) is -0.0867. The highest BCUT2D eigenvalue weighted by molar-refractivity contribution is 7.17. The zero-order valence-electron chi connectivity index (χ0n) is 12.9. The second-order valence-electron chi connectivity index (χ2n) is 5.77. The number of carbonyl (C=O) groups excluding carboxylic acids is 1. The van der Waals surface area contributed by atoms with Crippen LogP contribution in [0.5, 0.6) is 0 Å². The van der Waals surface area contributed by atoms with Crippen LogP contribution in [-0.2, 0) is 0 Å². The first-order valence-corrected chi connectivity index (χ1v) is 9.06. The van der Waals surface area contributed by atoms with Crippen molar-refractivity contribution in [2.75, 3.05) is 18.0 Å². The number of hydrogen-bond acceptors (Lipinski definition) is 5. The van der Waals surface area contributed by atoms with Gasteiger partial charge in [0.15, 0.2) is 5.58 Å². The molecule has 3 heterocycles. The fourth-order valence-electron chi connectivity index (χ4n) is 3.02. The van der Waals surface area contributed by atoms with Crippen LogP contribution in [0, 0.1) is 0 Å². The van der Waals surface area contributed by atoms with E-state index in [1.165, 1.54) is 11.3 Å². The molecule has 1 N–H and O–H groups in total. The highest BCUT2D eigenvalue weighted by Gasteiger charge is 2.28. The monoisotopic (exact) mass is 361 g/mol. The van der Waals surface area contributed by atoms with Crippen molar-refractivity contribution in [2.45, 2.75) is 18.9 Å². The summed E-state index contributed by atoms with van der Waals surface area (Å²) >= 11 is 7.17. The number of nitrogens with zero attached hydrogens (tertiary/aromatic N) is 2. The van der Waals surface area contributed by atoms with Crippen molar-refractivity contribution in [3.63, 3.8) is 0 Å². The van der Waals surface area contributed by atoms with Crippen LogP contribution in [0.15, 0.2) is 40.8 Å². The molecule has 124 valence electrons. The van der Waals surface area contributed by atoms with Gasteiger partial charge in [-0.25, -0.2) is 0 Å². The average Bonchev–Trinajstić information content (AvgIpc) is 3.30. The van der Waals surface area contributed by atoms with Gasteiger partial charge in [0.2, 0.25) is 0 Å². The van der Waals surface area contributed by atoms with Crippen molar-refractivity contribution < 1.29 is 9.21 Å². The second kappa shape index (κ2) is 6.45. The molecule has 0 radical (unpaired) electrons. The standard InChI is InChI=1S/C17H16ClN3O2S/c18-15-8-7-14(24-15)16(22)19-10-11-4-3-9-21(11)17-20-12-5-1-2-6-13(12)23-17/h1-2,5-8,11H,3-4,9-10H2,(H,19,22). The minimum atomic E-state index is -0.0867. The first kappa shape index (κ1) is 15.5. The van der Waals surface area contributed by atoms with Crippen molar-refractivity contribution in [1.29, 1.82) is 0 Å². The molecule has 1 unspecified atom stereocenters. The maximum atomic E-state index is 12.2. The molecule has 2 aromatic heterocycles. The van der Waals surface area contributed by atoms with E-state index in [-0.39, 0.29) is 11.9 Å². The average molecular weight is 362 g/mol. The van der Waals surface area contributed by atoms with E-state index in [1.54, 1.807) is 12.1 Å². The number of carbonyl (C=O) groups is 1. The van der Waals surface area contributed by atoms with Crippen LogP contribution in [0.4, 0.5) is 6.01 Å². The Morgan fingerprint density at radius 1 is 1.38 bits per heavy atom. The van der Waals surface area contributed by atoms with Crippen LogP contribution in [-0.4, -0.2) is 30.0 Å². The molecule has 0 aliphatic carbocycles. The molecule has 4 rings (SSSR count). The molecule has 1 fully saturated rings. The predicted octanol–water partition coefficient (Wildman–Crippen LogP) is 3.94. The number of para-hydroxylation sites is 2. The van der Waals surface area contributed by atoms with Gasteiger partial charge < -0.3 is 14.6 Å². The van der Waals surface area contributed by atoms with E-state index in [1.807, 2.05) is 24.3 Å². The number of oxazole rings is 1. The number of nitrogens with one attached hydrogen (secondary N) is 1. The van der Waals surface area contributed by atoms with E-state index in [2.05, 4.69) is 15.2 Å². The Morgan fingerprint density at radius 3 is 3.04 bits per heavy atom. The molecular weight excluding hydrogens is 346 g/mol. The number of benzene rings is 1. The lowest BCUT2D eigenvalue weighted by Crippen LogP contribution is -2.40. The Balaban J connectivity index is 1.45. The number of rotatable bonds is 4. The molecule has 0 saturated carbocycles. The van der Waals surface area contributed by atoms with Crippen LogP contribution < -0.4 is 10.2 Å². The van der Waals surface area contributed by atoms with Gasteiger partial charge in [-0.15, -0.1) is 11.3 Å². The van der Waals surface area contributed by atoms with Gasteiger partial charge in [0.05, 0.1) is 15.3 Å². The van der Waals surface area contributed by atoms with Gasteiger partial charge in [-0.05, 0) is 37.1 Å². The Morgan fingerprint density at radius 2 is 2.25 bits per heavy atom. The molecule has 1 aliphatic rings. The predicted molar refractivity (Wildman–Crippen MR) is 96.0 cm³/mol. The molecule has 1 aliphatic heterocycles. The Kier molecular flexibility index (Phi) is 4.16. The number of amides is 1. The molecule has 1 saturated heterocycles. The molecule has 0 bridgehead atoms. The number of hydrogen-bond donors (Lipinski definition) is 1. The highest BCUT2D eigenvalue weighted by atomic mass is 35.5. The van der Waals surface area contributed by atoms with Crippen molar-refractivity contribution in [3.8, 4) is 0 Å². The van der Waals surface area contributed by atoms with Gasteiger partial charge in [-0.1, -0.05) is 23.7 Å². The third kappa shape index (κ3) is 2.99. The summed E-state index contributed by atoms with van der Waals surface area (Å²) in [4.78, 5) is 19.5. The minimum Gasteiger partial charge on any atom is -0.423 e. The molecule has 7 heteroatoms. The lowest BCUT2D eigenvalue weighted by Gasteiger charge is -2.22. The quantitative estimate of drug-likeness (QED) is 0.764. The number of anilines is 1. The zero-order chi connectivity index (χ0) is 16.5. The third-order valence-electron chi connectivity index (χ3n) is 4.20. The summed E-state index contributed by atoms with van der Waals surface area (Å²) in [5.41, 5.74) is 1.64. The van der Waals surface area contributed by atoms with Gasteiger partial charge in [-0.2, -0.15) is 4.98 Å². The summed E-state index contributed by atoms with van der Waals surface area (Å²) in [6.07, 6.45) is 2.06. The van der Waals surface area contributed by atoms with Gasteiger partial charge >= 0.3 is 0 Å². The summed E-state index contributed by atoms with van der Waals surface area (Å²) in [7, 11) is 0. The molecule has 3 aromatic rings. The van der Waals surface area contributed by atoms with Crippen molar-refractivity contribution in [1.82, 2.24) is 10.3 Å². The van der Waals surface area contributed by atoms with Crippen LogP contribution in [0.3, 0.4) is 0 Å². The van der Waals surface area contributed by atoms with E-state index in [4.69, 9.17) is 16.0 Å². The number of halogens is 1. The minimum absolute atomic E-state index is 0.0867. The first-order valence-electron chi connectivity index (χ1n) is 7.86. The molecular formula is C17H16ClN3O2S. The Hall–Kier alpha value is -2.05. The van der Waals surface area contributed by atoms with E-state index in [0.29, 0.717) is 21.8 Å². The van der Waals surface area contributed by atoms with Crippen molar-refractivity contribution >= 4 is 46.0 Å². The third-order valence-corrected chi connectivity index (χ3v) is 5.43. The Bertz CT molecular complexity index is 842. The molecule has 0 spiro atoms.